The van der Waals surface area contributed by atoms with Gasteiger partial charge in [-0.05, 0) is 74.7 Å². The van der Waals surface area contributed by atoms with Crippen LogP contribution in [-0.4, -0.2) is 36.5 Å². The maximum Gasteiger partial charge on any atom is 0.222 e. The highest BCUT2D eigenvalue weighted by Crippen LogP contribution is 2.43. The van der Waals surface area contributed by atoms with Gasteiger partial charge in [-0.3, -0.25) is 4.79 Å². The Hall–Kier alpha value is -0.280. The van der Waals surface area contributed by atoms with Gasteiger partial charge in [0.1, 0.15) is 0 Å². The van der Waals surface area contributed by atoms with E-state index < -0.39 is 0 Å². The van der Waals surface area contributed by atoms with Gasteiger partial charge in [-0.15, -0.1) is 12.4 Å². The second kappa shape index (κ2) is 8.40. The van der Waals surface area contributed by atoms with Crippen molar-refractivity contribution in [2.75, 3.05) is 19.6 Å². The molecule has 1 saturated heterocycles. The van der Waals surface area contributed by atoms with Gasteiger partial charge in [0.15, 0.2) is 0 Å². The minimum atomic E-state index is 0. The van der Waals surface area contributed by atoms with Gasteiger partial charge in [0, 0.05) is 25.6 Å². The van der Waals surface area contributed by atoms with Crippen LogP contribution in [-0.2, 0) is 4.79 Å². The molecule has 1 amide bonds. The van der Waals surface area contributed by atoms with Crippen LogP contribution in [0.25, 0.3) is 0 Å². The number of piperidine rings is 1. The summed E-state index contributed by atoms with van der Waals surface area (Å²) in [6.07, 6.45) is 9.69. The highest BCUT2D eigenvalue weighted by Gasteiger charge is 2.34. The molecule has 0 radical (unpaired) electrons. The molecule has 2 atom stereocenters. The van der Waals surface area contributed by atoms with Crippen molar-refractivity contribution >= 4 is 18.3 Å². The van der Waals surface area contributed by atoms with E-state index in [1.807, 2.05) is 0 Å². The molecule has 4 heteroatoms. The molecule has 0 spiro atoms. The first-order valence-corrected chi connectivity index (χ1v) is 9.92. The number of rotatable bonds is 5. The molecule has 0 aromatic rings. The van der Waals surface area contributed by atoms with Crippen LogP contribution in [0.1, 0.15) is 72.1 Å². The summed E-state index contributed by atoms with van der Waals surface area (Å²) in [5.41, 5.74) is 0.419. The van der Waals surface area contributed by atoms with Crippen molar-refractivity contribution in [3.63, 3.8) is 0 Å². The van der Waals surface area contributed by atoms with Gasteiger partial charge in [-0.2, -0.15) is 0 Å². The van der Waals surface area contributed by atoms with E-state index >= 15 is 0 Å². The zero-order valence-corrected chi connectivity index (χ0v) is 16.7. The molecule has 1 N–H and O–H groups in total. The summed E-state index contributed by atoms with van der Waals surface area (Å²) in [5, 5.41) is 3.70. The summed E-state index contributed by atoms with van der Waals surface area (Å²) >= 11 is 0. The molecule has 3 nitrogen and oxygen atoms in total. The summed E-state index contributed by atoms with van der Waals surface area (Å²) < 4.78 is 0. The zero-order valence-electron chi connectivity index (χ0n) is 15.9. The minimum Gasteiger partial charge on any atom is -0.343 e. The Bertz CT molecular complexity index is 414. The number of likely N-dealkylation sites (tertiary alicyclic amines) is 1. The van der Waals surface area contributed by atoms with Crippen LogP contribution in [0.15, 0.2) is 0 Å². The van der Waals surface area contributed by atoms with E-state index in [1.165, 1.54) is 38.6 Å². The maximum atomic E-state index is 12.7. The monoisotopic (exact) mass is 356 g/mol. The number of hydrogen-bond acceptors (Lipinski definition) is 2. The summed E-state index contributed by atoms with van der Waals surface area (Å²) in [6, 6.07) is 0.647. The second-order valence-electron chi connectivity index (χ2n) is 9.49. The van der Waals surface area contributed by atoms with E-state index in [2.05, 4.69) is 31.0 Å². The third-order valence-electron chi connectivity index (χ3n) is 6.18. The quantitative estimate of drug-likeness (QED) is 0.798. The Labute approximate surface area is 154 Å². The first-order valence-electron chi connectivity index (χ1n) is 9.92. The number of nitrogens with one attached hydrogen (secondary N) is 1. The summed E-state index contributed by atoms with van der Waals surface area (Å²) in [5.74, 6) is 2.74. The normalized spacial score (nSPS) is 30.7. The summed E-state index contributed by atoms with van der Waals surface area (Å²) in [7, 11) is 0. The summed E-state index contributed by atoms with van der Waals surface area (Å²) in [6.45, 7) is 10.2. The molecule has 24 heavy (non-hydrogen) atoms. The lowest BCUT2D eigenvalue weighted by molar-refractivity contribution is -0.134. The largest absolute Gasteiger partial charge is 0.343 e. The van der Waals surface area contributed by atoms with Crippen LogP contribution in [0, 0.1) is 23.2 Å². The first-order chi connectivity index (χ1) is 10.9. The van der Waals surface area contributed by atoms with Crippen molar-refractivity contribution in [3.05, 3.63) is 0 Å². The topological polar surface area (TPSA) is 32.3 Å². The number of carbonyl (C=O) groups is 1. The van der Waals surface area contributed by atoms with Gasteiger partial charge < -0.3 is 10.2 Å². The average Bonchev–Trinajstić information content (AvgIpc) is 3.27. The van der Waals surface area contributed by atoms with E-state index in [-0.39, 0.29) is 12.4 Å². The van der Waals surface area contributed by atoms with Gasteiger partial charge in [0.2, 0.25) is 5.91 Å². The highest BCUT2D eigenvalue weighted by molar-refractivity contribution is 5.85. The van der Waals surface area contributed by atoms with Crippen molar-refractivity contribution in [1.29, 1.82) is 0 Å². The Morgan fingerprint density at radius 3 is 2.33 bits per heavy atom. The number of carbonyl (C=O) groups excluding carboxylic acids is 1. The molecule has 2 unspecified atom stereocenters. The van der Waals surface area contributed by atoms with E-state index in [1.54, 1.807) is 0 Å². The molecule has 3 rings (SSSR count). The van der Waals surface area contributed by atoms with E-state index in [0.717, 1.165) is 44.2 Å². The van der Waals surface area contributed by atoms with Crippen LogP contribution < -0.4 is 5.32 Å². The first kappa shape index (κ1) is 20.0. The second-order valence-corrected chi connectivity index (χ2v) is 9.49. The lowest BCUT2D eigenvalue weighted by atomic mass is 9.67. The number of halogens is 1. The SMILES string of the molecule is CC1CC(CC(=O)N2CCC(NCC3CC3)CC2)CC(C)(C)C1.Cl. The van der Waals surface area contributed by atoms with Crippen LogP contribution in [0.3, 0.4) is 0 Å². The third kappa shape index (κ3) is 5.91. The van der Waals surface area contributed by atoms with Crippen molar-refractivity contribution in [2.24, 2.45) is 23.2 Å². The predicted molar refractivity (Wildman–Crippen MR) is 102 cm³/mol. The van der Waals surface area contributed by atoms with Crippen LogP contribution in [0.4, 0.5) is 0 Å². The molecular formula is C20H37ClN2O. The molecule has 1 aliphatic heterocycles. The van der Waals surface area contributed by atoms with E-state index in [9.17, 15) is 4.79 Å². The number of hydrogen-bond donors (Lipinski definition) is 1. The molecule has 2 aliphatic carbocycles. The predicted octanol–water partition coefficient (Wildman–Crippen LogP) is 4.25. The smallest absolute Gasteiger partial charge is 0.222 e. The van der Waals surface area contributed by atoms with Crippen LogP contribution >= 0.6 is 12.4 Å². The Morgan fingerprint density at radius 2 is 1.75 bits per heavy atom. The molecule has 0 bridgehead atoms. The van der Waals surface area contributed by atoms with Gasteiger partial charge in [-0.25, -0.2) is 0 Å². The molecule has 2 saturated carbocycles. The fraction of sp³-hybridized carbons (Fsp3) is 0.950. The molecule has 140 valence electrons. The highest BCUT2D eigenvalue weighted by atomic mass is 35.5. The van der Waals surface area contributed by atoms with Crippen molar-refractivity contribution in [2.45, 2.75) is 78.2 Å². The van der Waals surface area contributed by atoms with Crippen LogP contribution in [0.5, 0.6) is 0 Å². The van der Waals surface area contributed by atoms with Crippen molar-refractivity contribution in [1.82, 2.24) is 10.2 Å². The molecular weight excluding hydrogens is 320 g/mol. The molecule has 1 heterocycles. The van der Waals surface area contributed by atoms with Gasteiger partial charge in [-0.1, -0.05) is 20.8 Å². The molecule has 3 aliphatic rings. The standard InChI is InChI=1S/C20H36N2O.ClH/c1-15-10-17(13-20(2,3)12-15)11-19(23)22-8-6-18(7-9-22)21-14-16-4-5-16;/h15-18,21H,4-14H2,1-3H3;1H. The van der Waals surface area contributed by atoms with Gasteiger partial charge in [0.05, 0.1) is 0 Å². The van der Waals surface area contributed by atoms with Crippen molar-refractivity contribution < 1.29 is 4.79 Å². The zero-order chi connectivity index (χ0) is 16.4. The van der Waals surface area contributed by atoms with E-state index in [4.69, 9.17) is 0 Å². The number of nitrogens with zero attached hydrogens (tertiary/aromatic N) is 1. The average molecular weight is 357 g/mol. The fourth-order valence-electron chi connectivity index (χ4n) is 5.06. The maximum absolute atomic E-state index is 12.7. The Kier molecular flexibility index (Phi) is 7.01. The molecule has 3 fully saturated rings. The minimum absolute atomic E-state index is 0. The van der Waals surface area contributed by atoms with Crippen molar-refractivity contribution in [3.8, 4) is 0 Å². The lowest BCUT2D eigenvalue weighted by Crippen LogP contribution is -2.46. The van der Waals surface area contributed by atoms with E-state index in [0.29, 0.717) is 23.3 Å². The Balaban J connectivity index is 0.00000208. The fourth-order valence-corrected chi connectivity index (χ4v) is 5.06. The van der Waals surface area contributed by atoms with Gasteiger partial charge >= 0.3 is 0 Å². The third-order valence-corrected chi connectivity index (χ3v) is 6.18. The van der Waals surface area contributed by atoms with Gasteiger partial charge in [0.25, 0.3) is 0 Å². The van der Waals surface area contributed by atoms with Crippen LogP contribution in [0.2, 0.25) is 0 Å². The molecule has 0 aromatic carbocycles. The lowest BCUT2D eigenvalue weighted by Gasteiger charge is -2.40. The summed E-state index contributed by atoms with van der Waals surface area (Å²) in [4.78, 5) is 14.8. The Morgan fingerprint density at radius 1 is 1.08 bits per heavy atom. The molecule has 0 aromatic heterocycles. The number of amides is 1.